The molecule has 1 aromatic rings. The fraction of sp³-hybridized carbons (Fsp3) is 0.375. The molecular formula is C8H11N3O4S. The van der Waals surface area contributed by atoms with Gasteiger partial charge in [0, 0.05) is 18.7 Å². The number of aromatic nitrogens is 1. The zero-order valence-electron chi connectivity index (χ0n) is 8.47. The number of carbonyl (C=O) groups excluding carboxylic acids is 1. The Morgan fingerprint density at radius 1 is 1.69 bits per heavy atom. The quantitative estimate of drug-likeness (QED) is 0.695. The number of hydrogen-bond acceptors (Lipinski definition) is 5. The number of methoxy groups -OCH3 is 1. The first-order valence-corrected chi connectivity index (χ1v) is 5.20. The second kappa shape index (κ2) is 6.03. The Balaban J connectivity index is 2.45. The molecule has 1 atom stereocenters. The molecule has 16 heavy (non-hydrogen) atoms. The Morgan fingerprint density at radius 2 is 2.44 bits per heavy atom. The molecule has 0 aliphatic heterocycles. The molecule has 8 heteroatoms. The summed E-state index contributed by atoms with van der Waals surface area (Å²) in [4.78, 5) is 25.8. The van der Waals surface area contributed by atoms with Crippen molar-refractivity contribution >= 4 is 28.5 Å². The monoisotopic (exact) mass is 245 g/mol. The van der Waals surface area contributed by atoms with E-state index in [9.17, 15) is 9.59 Å². The second-order valence-corrected chi connectivity index (χ2v) is 3.68. The van der Waals surface area contributed by atoms with E-state index in [2.05, 4.69) is 20.4 Å². The van der Waals surface area contributed by atoms with E-state index in [1.807, 2.05) is 0 Å². The number of carboxylic acids is 1. The summed E-state index contributed by atoms with van der Waals surface area (Å²) in [5, 5.41) is 15.5. The normalized spacial score (nSPS) is 11.8. The minimum absolute atomic E-state index is 0.0966. The van der Waals surface area contributed by atoms with Crippen molar-refractivity contribution < 1.29 is 19.4 Å². The van der Waals surface area contributed by atoms with E-state index in [0.717, 1.165) is 0 Å². The van der Waals surface area contributed by atoms with E-state index < -0.39 is 18.0 Å². The molecule has 1 heterocycles. The number of nitrogens with zero attached hydrogens (tertiary/aromatic N) is 1. The second-order valence-electron chi connectivity index (χ2n) is 2.78. The van der Waals surface area contributed by atoms with Crippen LogP contribution in [0, 0.1) is 0 Å². The maximum atomic E-state index is 11.3. The Morgan fingerprint density at radius 3 is 2.94 bits per heavy atom. The number of hydrogen-bond donors (Lipinski definition) is 3. The van der Waals surface area contributed by atoms with Crippen LogP contribution in [0.15, 0.2) is 11.6 Å². The van der Waals surface area contributed by atoms with Crippen LogP contribution >= 0.6 is 11.3 Å². The van der Waals surface area contributed by atoms with Gasteiger partial charge in [0.05, 0.1) is 6.61 Å². The molecule has 0 saturated heterocycles. The molecule has 88 valence electrons. The van der Waals surface area contributed by atoms with Gasteiger partial charge in [-0.25, -0.2) is 14.6 Å². The van der Waals surface area contributed by atoms with Gasteiger partial charge in [-0.2, -0.15) is 0 Å². The predicted octanol–water partition coefficient (Wildman–Crippen LogP) is 0.364. The standard InChI is InChI=1S/C8H11N3O4S/c1-15-4-5(6(12)13)10-7(14)11-8-9-2-3-16-8/h2-3,5H,4H2,1H3,(H,12,13)(H2,9,10,11,14). The topological polar surface area (TPSA) is 101 Å². The lowest BCUT2D eigenvalue weighted by molar-refractivity contribution is -0.140. The number of rotatable bonds is 5. The first kappa shape index (κ1) is 12.4. The van der Waals surface area contributed by atoms with Crippen molar-refractivity contribution in [2.75, 3.05) is 19.0 Å². The van der Waals surface area contributed by atoms with E-state index in [-0.39, 0.29) is 6.61 Å². The SMILES string of the molecule is COCC(NC(=O)Nc1nccs1)C(=O)O. The number of anilines is 1. The Labute approximate surface area is 95.4 Å². The lowest BCUT2D eigenvalue weighted by atomic mass is 10.3. The van der Waals surface area contributed by atoms with E-state index in [0.29, 0.717) is 5.13 Å². The van der Waals surface area contributed by atoms with E-state index in [1.54, 1.807) is 5.38 Å². The van der Waals surface area contributed by atoms with Crippen molar-refractivity contribution in [1.82, 2.24) is 10.3 Å². The van der Waals surface area contributed by atoms with Gasteiger partial charge in [-0.3, -0.25) is 5.32 Å². The summed E-state index contributed by atoms with van der Waals surface area (Å²) < 4.78 is 4.67. The number of carbonyl (C=O) groups is 2. The maximum Gasteiger partial charge on any atom is 0.328 e. The highest BCUT2D eigenvalue weighted by molar-refractivity contribution is 7.13. The highest BCUT2D eigenvalue weighted by Crippen LogP contribution is 2.09. The van der Waals surface area contributed by atoms with Crippen molar-refractivity contribution in [1.29, 1.82) is 0 Å². The van der Waals surface area contributed by atoms with Gasteiger partial charge in [0.2, 0.25) is 0 Å². The Bertz CT molecular complexity index is 354. The molecule has 0 radical (unpaired) electrons. The van der Waals surface area contributed by atoms with Crippen LogP contribution in [0.3, 0.4) is 0 Å². The number of urea groups is 1. The number of thiazole rings is 1. The molecular weight excluding hydrogens is 234 g/mol. The zero-order chi connectivity index (χ0) is 12.0. The van der Waals surface area contributed by atoms with Crippen LogP contribution in [0.4, 0.5) is 9.93 Å². The van der Waals surface area contributed by atoms with Crippen molar-refractivity contribution in [3.63, 3.8) is 0 Å². The summed E-state index contributed by atoms with van der Waals surface area (Å²) in [5.74, 6) is -1.16. The van der Waals surface area contributed by atoms with Crippen molar-refractivity contribution in [2.24, 2.45) is 0 Å². The van der Waals surface area contributed by atoms with E-state index >= 15 is 0 Å². The fourth-order valence-corrected chi connectivity index (χ4v) is 1.44. The third-order valence-corrected chi connectivity index (χ3v) is 2.28. The van der Waals surface area contributed by atoms with E-state index in [4.69, 9.17) is 5.11 Å². The molecule has 3 N–H and O–H groups in total. The smallest absolute Gasteiger partial charge is 0.328 e. The van der Waals surface area contributed by atoms with Crippen LogP contribution in [0.2, 0.25) is 0 Å². The van der Waals surface area contributed by atoms with Crippen molar-refractivity contribution in [2.45, 2.75) is 6.04 Å². The lowest BCUT2D eigenvalue weighted by Crippen LogP contribution is -2.45. The minimum atomic E-state index is -1.16. The van der Waals surface area contributed by atoms with Gasteiger partial charge in [-0.15, -0.1) is 11.3 Å². The number of nitrogens with one attached hydrogen (secondary N) is 2. The van der Waals surface area contributed by atoms with Crippen LogP contribution in [-0.2, 0) is 9.53 Å². The summed E-state index contributed by atoms with van der Waals surface area (Å²) in [7, 11) is 1.36. The summed E-state index contributed by atoms with van der Waals surface area (Å²) >= 11 is 1.24. The van der Waals surface area contributed by atoms with Gasteiger partial charge in [0.25, 0.3) is 0 Å². The minimum Gasteiger partial charge on any atom is -0.480 e. The van der Waals surface area contributed by atoms with Crippen LogP contribution in [0.1, 0.15) is 0 Å². The van der Waals surface area contributed by atoms with Gasteiger partial charge in [0.1, 0.15) is 0 Å². The van der Waals surface area contributed by atoms with Crippen LogP contribution < -0.4 is 10.6 Å². The molecule has 1 rings (SSSR count). The Hall–Kier alpha value is -1.67. The average Bonchev–Trinajstić information content (AvgIpc) is 2.69. The van der Waals surface area contributed by atoms with Gasteiger partial charge >= 0.3 is 12.0 Å². The first-order chi connectivity index (χ1) is 7.63. The summed E-state index contributed by atoms with van der Waals surface area (Å²) in [6, 6.07) is -1.70. The molecule has 0 fully saturated rings. The number of ether oxygens (including phenoxy) is 1. The van der Waals surface area contributed by atoms with Gasteiger partial charge < -0.3 is 15.2 Å². The molecule has 0 saturated carbocycles. The largest absolute Gasteiger partial charge is 0.480 e. The lowest BCUT2D eigenvalue weighted by Gasteiger charge is -2.13. The summed E-state index contributed by atoms with van der Waals surface area (Å²) in [6.07, 6.45) is 1.53. The molecule has 0 aliphatic carbocycles. The third-order valence-electron chi connectivity index (χ3n) is 1.59. The predicted molar refractivity (Wildman–Crippen MR) is 57.6 cm³/mol. The molecule has 1 aromatic heterocycles. The molecule has 0 bridgehead atoms. The molecule has 0 aliphatic rings. The van der Waals surface area contributed by atoms with Crippen molar-refractivity contribution in [3.05, 3.63) is 11.6 Å². The molecule has 7 nitrogen and oxygen atoms in total. The molecule has 0 aromatic carbocycles. The van der Waals surface area contributed by atoms with Crippen LogP contribution in [0.25, 0.3) is 0 Å². The molecule has 1 unspecified atom stereocenters. The number of carboxylic acid groups (broad SMARTS) is 1. The highest BCUT2D eigenvalue weighted by atomic mass is 32.1. The summed E-state index contributed by atoms with van der Waals surface area (Å²) in [5.41, 5.74) is 0. The van der Waals surface area contributed by atoms with Gasteiger partial charge in [-0.05, 0) is 0 Å². The molecule has 2 amide bonds. The van der Waals surface area contributed by atoms with Gasteiger partial charge in [0.15, 0.2) is 11.2 Å². The first-order valence-electron chi connectivity index (χ1n) is 4.32. The van der Waals surface area contributed by atoms with Gasteiger partial charge in [-0.1, -0.05) is 0 Å². The zero-order valence-corrected chi connectivity index (χ0v) is 9.28. The third kappa shape index (κ3) is 3.83. The van der Waals surface area contributed by atoms with Crippen LogP contribution in [0.5, 0.6) is 0 Å². The van der Waals surface area contributed by atoms with Crippen molar-refractivity contribution in [3.8, 4) is 0 Å². The average molecular weight is 245 g/mol. The maximum absolute atomic E-state index is 11.3. The highest BCUT2D eigenvalue weighted by Gasteiger charge is 2.19. The number of aliphatic carboxylic acids is 1. The van der Waals surface area contributed by atoms with Crippen LogP contribution in [-0.4, -0.2) is 41.8 Å². The number of amides is 2. The molecule has 0 spiro atoms. The summed E-state index contributed by atoms with van der Waals surface area (Å²) in [6.45, 7) is -0.0966. The fourth-order valence-electron chi connectivity index (χ4n) is 0.918. The van der Waals surface area contributed by atoms with E-state index in [1.165, 1.54) is 24.6 Å². The Kier molecular flexibility index (Phi) is 4.67.